The summed E-state index contributed by atoms with van der Waals surface area (Å²) >= 11 is 1.81. The Hall–Kier alpha value is -1.67. The predicted molar refractivity (Wildman–Crippen MR) is 77.6 cm³/mol. The van der Waals surface area contributed by atoms with E-state index in [2.05, 4.69) is 20.9 Å². The Morgan fingerprint density at radius 3 is 3.05 bits per heavy atom. The molecular weight excluding hydrogens is 256 g/mol. The number of nitriles is 1. The summed E-state index contributed by atoms with van der Waals surface area (Å²) < 4.78 is 0. The Morgan fingerprint density at radius 2 is 2.21 bits per heavy atom. The lowest BCUT2D eigenvalue weighted by Gasteiger charge is -2.18. The zero-order valence-corrected chi connectivity index (χ0v) is 11.8. The van der Waals surface area contributed by atoms with Crippen LogP contribution in [-0.2, 0) is 12.8 Å². The number of hydrogen-bond acceptors (Lipinski definition) is 5. The highest BCUT2D eigenvalue weighted by Crippen LogP contribution is 2.38. The van der Waals surface area contributed by atoms with Gasteiger partial charge in [0.15, 0.2) is 0 Å². The molecule has 0 bridgehead atoms. The van der Waals surface area contributed by atoms with Gasteiger partial charge in [-0.25, -0.2) is 9.97 Å². The molecule has 0 unspecified atom stereocenters. The fraction of sp³-hybridized carbons (Fsp3) is 0.500. The second kappa shape index (κ2) is 5.14. The van der Waals surface area contributed by atoms with Gasteiger partial charge < -0.3 is 4.90 Å². The van der Waals surface area contributed by atoms with Gasteiger partial charge in [-0.1, -0.05) is 0 Å². The molecule has 0 aliphatic heterocycles. The molecule has 0 amide bonds. The fourth-order valence-corrected chi connectivity index (χ4v) is 3.91. The molecule has 19 heavy (non-hydrogen) atoms. The van der Waals surface area contributed by atoms with E-state index in [0.29, 0.717) is 13.0 Å². The Bertz CT molecular complexity index is 641. The van der Waals surface area contributed by atoms with E-state index in [1.807, 2.05) is 18.4 Å². The highest BCUT2D eigenvalue weighted by Gasteiger charge is 2.21. The third-order valence-electron chi connectivity index (χ3n) is 3.65. The number of aryl methyl sites for hydroxylation is 2. The number of fused-ring (bicyclic) bond motifs is 3. The van der Waals surface area contributed by atoms with Crippen molar-refractivity contribution in [1.82, 2.24) is 9.97 Å². The minimum atomic E-state index is 0.522. The van der Waals surface area contributed by atoms with Crippen molar-refractivity contribution < 1.29 is 0 Å². The molecule has 5 heteroatoms. The standard InChI is InChI=1S/C14H16N4S/c1-18(8-4-7-15)13-12-10-5-2-3-6-11(10)19-14(12)17-9-16-13/h9H,2-6,8H2,1H3. The molecule has 0 N–H and O–H groups in total. The second-order valence-electron chi connectivity index (χ2n) is 4.92. The third kappa shape index (κ3) is 2.17. The number of anilines is 1. The lowest BCUT2D eigenvalue weighted by molar-refractivity contribution is 0.700. The summed E-state index contributed by atoms with van der Waals surface area (Å²) in [5.74, 6) is 0.986. The van der Waals surface area contributed by atoms with Gasteiger partial charge in [-0.3, -0.25) is 0 Å². The molecule has 0 spiro atoms. The van der Waals surface area contributed by atoms with E-state index in [0.717, 1.165) is 17.1 Å². The highest BCUT2D eigenvalue weighted by molar-refractivity contribution is 7.19. The van der Waals surface area contributed by atoms with Gasteiger partial charge in [0.2, 0.25) is 0 Å². The Kier molecular flexibility index (Phi) is 3.34. The molecule has 98 valence electrons. The summed E-state index contributed by atoms with van der Waals surface area (Å²) in [5, 5.41) is 9.94. The predicted octanol–water partition coefficient (Wildman–Crippen LogP) is 2.92. The SMILES string of the molecule is CN(CCC#N)c1ncnc2sc3c(c12)CCCC3. The first-order valence-corrected chi connectivity index (χ1v) is 7.46. The molecular formula is C14H16N4S. The molecule has 1 aliphatic rings. The van der Waals surface area contributed by atoms with Crippen LogP contribution in [0.3, 0.4) is 0 Å². The van der Waals surface area contributed by atoms with Gasteiger partial charge in [0.25, 0.3) is 0 Å². The molecule has 0 saturated heterocycles. The van der Waals surface area contributed by atoms with E-state index in [9.17, 15) is 0 Å². The monoisotopic (exact) mass is 272 g/mol. The molecule has 3 rings (SSSR count). The van der Waals surface area contributed by atoms with Gasteiger partial charge >= 0.3 is 0 Å². The van der Waals surface area contributed by atoms with Crippen LogP contribution in [0.5, 0.6) is 0 Å². The minimum absolute atomic E-state index is 0.522. The Balaban J connectivity index is 2.09. The van der Waals surface area contributed by atoms with Gasteiger partial charge in [0.05, 0.1) is 17.9 Å². The molecule has 2 aromatic rings. The summed E-state index contributed by atoms with van der Waals surface area (Å²) in [6.07, 6.45) is 7.03. The van der Waals surface area contributed by atoms with Crippen molar-refractivity contribution in [1.29, 1.82) is 5.26 Å². The van der Waals surface area contributed by atoms with E-state index in [1.165, 1.54) is 35.1 Å². The van der Waals surface area contributed by atoms with Crippen LogP contribution in [-0.4, -0.2) is 23.6 Å². The van der Waals surface area contributed by atoms with Crippen LogP contribution in [0.2, 0.25) is 0 Å². The average molecular weight is 272 g/mol. The summed E-state index contributed by atoms with van der Waals surface area (Å²) in [6.45, 7) is 0.716. The smallest absolute Gasteiger partial charge is 0.140 e. The summed E-state index contributed by atoms with van der Waals surface area (Å²) in [4.78, 5) is 13.5. The van der Waals surface area contributed by atoms with Crippen LogP contribution in [0.25, 0.3) is 10.2 Å². The Labute approximate surface area is 116 Å². The molecule has 4 nitrogen and oxygen atoms in total. The highest BCUT2D eigenvalue weighted by atomic mass is 32.1. The molecule has 0 radical (unpaired) electrons. The van der Waals surface area contributed by atoms with E-state index in [1.54, 1.807) is 6.33 Å². The van der Waals surface area contributed by atoms with Gasteiger partial charge in [0.1, 0.15) is 17.0 Å². The molecule has 1 aliphatic carbocycles. The lowest BCUT2D eigenvalue weighted by Crippen LogP contribution is -2.20. The zero-order chi connectivity index (χ0) is 13.2. The van der Waals surface area contributed by atoms with Crippen molar-refractivity contribution >= 4 is 27.4 Å². The number of hydrogen-bond donors (Lipinski definition) is 0. The van der Waals surface area contributed by atoms with E-state index in [-0.39, 0.29) is 0 Å². The topological polar surface area (TPSA) is 52.8 Å². The molecule has 2 heterocycles. The zero-order valence-electron chi connectivity index (χ0n) is 11.0. The van der Waals surface area contributed by atoms with Crippen LogP contribution in [0.15, 0.2) is 6.33 Å². The van der Waals surface area contributed by atoms with E-state index in [4.69, 9.17) is 5.26 Å². The van der Waals surface area contributed by atoms with E-state index < -0.39 is 0 Å². The first kappa shape index (κ1) is 12.4. The lowest BCUT2D eigenvalue weighted by atomic mass is 9.97. The third-order valence-corrected chi connectivity index (χ3v) is 4.85. The largest absolute Gasteiger partial charge is 0.358 e. The van der Waals surface area contributed by atoms with Crippen molar-refractivity contribution in [3.63, 3.8) is 0 Å². The van der Waals surface area contributed by atoms with Crippen LogP contribution in [0.4, 0.5) is 5.82 Å². The van der Waals surface area contributed by atoms with Gasteiger partial charge in [-0.2, -0.15) is 5.26 Å². The van der Waals surface area contributed by atoms with Crippen LogP contribution in [0, 0.1) is 11.3 Å². The van der Waals surface area contributed by atoms with Gasteiger partial charge in [0, 0.05) is 18.5 Å². The van der Waals surface area contributed by atoms with Crippen molar-refractivity contribution in [2.45, 2.75) is 32.1 Å². The molecule has 0 atom stereocenters. The summed E-state index contributed by atoms with van der Waals surface area (Å²) in [6, 6.07) is 2.19. The first-order chi connectivity index (χ1) is 9.31. The number of rotatable bonds is 3. The quantitative estimate of drug-likeness (QED) is 0.862. The number of nitrogens with zero attached hydrogens (tertiary/aromatic N) is 4. The molecule has 0 saturated carbocycles. The normalized spacial score (nSPS) is 14.1. The van der Waals surface area contributed by atoms with Crippen molar-refractivity contribution in [2.24, 2.45) is 0 Å². The number of aromatic nitrogens is 2. The second-order valence-corrected chi connectivity index (χ2v) is 6.00. The molecule has 0 aromatic carbocycles. The summed E-state index contributed by atoms with van der Waals surface area (Å²) in [5.41, 5.74) is 1.45. The van der Waals surface area contributed by atoms with Crippen LogP contribution in [0.1, 0.15) is 29.7 Å². The molecule has 2 aromatic heterocycles. The van der Waals surface area contributed by atoms with Gasteiger partial charge in [-0.05, 0) is 31.2 Å². The van der Waals surface area contributed by atoms with Crippen molar-refractivity contribution in [3.8, 4) is 6.07 Å². The summed E-state index contributed by atoms with van der Waals surface area (Å²) in [7, 11) is 2.01. The van der Waals surface area contributed by atoms with Crippen molar-refractivity contribution in [2.75, 3.05) is 18.5 Å². The van der Waals surface area contributed by atoms with Crippen LogP contribution < -0.4 is 4.90 Å². The average Bonchev–Trinajstić information content (AvgIpc) is 2.83. The van der Waals surface area contributed by atoms with E-state index >= 15 is 0 Å². The molecule has 0 fully saturated rings. The Morgan fingerprint density at radius 1 is 1.37 bits per heavy atom. The minimum Gasteiger partial charge on any atom is -0.358 e. The maximum absolute atomic E-state index is 8.72. The number of thiophene rings is 1. The first-order valence-electron chi connectivity index (χ1n) is 6.64. The maximum Gasteiger partial charge on any atom is 0.140 e. The maximum atomic E-state index is 8.72. The van der Waals surface area contributed by atoms with Crippen LogP contribution >= 0.6 is 11.3 Å². The fourth-order valence-electron chi connectivity index (χ4n) is 2.69. The van der Waals surface area contributed by atoms with Gasteiger partial charge in [-0.15, -0.1) is 11.3 Å². The van der Waals surface area contributed by atoms with Crippen molar-refractivity contribution in [3.05, 3.63) is 16.8 Å².